The van der Waals surface area contributed by atoms with Crippen molar-refractivity contribution < 1.29 is 18.5 Å². The van der Waals surface area contributed by atoms with Gasteiger partial charge in [-0.05, 0) is 69.2 Å². The van der Waals surface area contributed by atoms with Crippen molar-refractivity contribution in [2.75, 3.05) is 58.2 Å². The van der Waals surface area contributed by atoms with E-state index in [1.165, 1.54) is 4.57 Å². The zero-order chi connectivity index (χ0) is 38.9. The number of rotatable bonds is 12. The summed E-state index contributed by atoms with van der Waals surface area (Å²) in [4.78, 5) is 62.3. The van der Waals surface area contributed by atoms with Crippen LogP contribution in [0.1, 0.15) is 75.4 Å². The number of hydrogen-bond acceptors (Lipinski definition) is 10. The number of hydrogen-bond donors (Lipinski definition) is 2. The lowest BCUT2D eigenvalue weighted by Gasteiger charge is -2.37. The number of pyridine rings is 1. The first-order valence-electron chi connectivity index (χ1n) is 20.0. The molecule has 3 unspecified atom stereocenters. The molecule has 16 nitrogen and oxygen atoms in total. The van der Waals surface area contributed by atoms with Gasteiger partial charge in [-0.3, -0.25) is 38.3 Å². The molecule has 0 bridgehead atoms. The number of piperidine rings is 2. The Morgan fingerprint density at radius 1 is 1.00 bits per heavy atom. The molecule has 4 aromatic rings. The lowest BCUT2D eigenvalue weighted by molar-refractivity contribution is -0.135. The number of imide groups is 1. The molecule has 3 atom stereocenters. The maximum Gasteiger partial charge on any atom is 0.329 e. The maximum absolute atomic E-state index is 13.6. The van der Waals surface area contributed by atoms with Crippen molar-refractivity contribution in [2.24, 2.45) is 7.05 Å². The van der Waals surface area contributed by atoms with E-state index in [1.807, 2.05) is 38.4 Å². The van der Waals surface area contributed by atoms with Crippen molar-refractivity contribution in [3.63, 3.8) is 0 Å². The van der Waals surface area contributed by atoms with Crippen molar-refractivity contribution in [1.82, 2.24) is 42.5 Å². The zero-order valence-electron chi connectivity index (χ0n) is 32.2. The molecule has 8 rings (SSSR count). The molecular weight excluding hydrogens is 737 g/mol. The highest BCUT2D eigenvalue weighted by atomic mass is 32.2. The van der Waals surface area contributed by atoms with Gasteiger partial charge in [-0.25, -0.2) is 22.6 Å². The van der Waals surface area contributed by atoms with E-state index < -0.39 is 23.1 Å². The van der Waals surface area contributed by atoms with Gasteiger partial charge in [-0.15, -0.1) is 0 Å². The van der Waals surface area contributed by atoms with Crippen LogP contribution in [0.15, 0.2) is 46.1 Å². The van der Waals surface area contributed by atoms with Crippen LogP contribution in [0.5, 0.6) is 0 Å². The van der Waals surface area contributed by atoms with Crippen molar-refractivity contribution >= 4 is 51.0 Å². The molecule has 17 heteroatoms. The number of benzene rings is 1. The Labute approximate surface area is 327 Å². The van der Waals surface area contributed by atoms with E-state index in [0.29, 0.717) is 49.8 Å². The molecule has 0 radical (unpaired) electrons. The summed E-state index contributed by atoms with van der Waals surface area (Å²) in [5.74, 6) is -0.216. The number of morpholine rings is 1. The zero-order valence-corrected chi connectivity index (χ0v) is 33.0. The number of imidazole rings is 1. The van der Waals surface area contributed by atoms with E-state index in [-0.39, 0.29) is 41.8 Å². The fraction of sp³-hybridized carbons (Fsp3) is 0.590. The van der Waals surface area contributed by atoms with Crippen LogP contribution >= 0.6 is 0 Å². The SMILES string of the molecule is CN(CC1CN(CCCc2cccc3c2n(C)c(=O)n3C2CCC(=O)NC2=O)CCO1)S(=O)N1CCC(Nc2ncc3ccc(=O)n(C4CCCC4)c3n2)CC1. The van der Waals surface area contributed by atoms with Gasteiger partial charge in [0.05, 0.1) is 23.7 Å². The Morgan fingerprint density at radius 2 is 1.80 bits per heavy atom. The van der Waals surface area contributed by atoms with Crippen molar-refractivity contribution in [3.8, 4) is 0 Å². The number of carbonyl (C=O) groups excluding carboxylic acids is 2. The number of para-hydroxylation sites is 1. The van der Waals surface area contributed by atoms with Gasteiger partial charge in [0.15, 0.2) is 11.2 Å². The first kappa shape index (κ1) is 38.6. The minimum atomic E-state index is -1.30. The summed E-state index contributed by atoms with van der Waals surface area (Å²) >= 11 is -1.30. The van der Waals surface area contributed by atoms with E-state index in [4.69, 9.17) is 9.72 Å². The number of carbonyl (C=O) groups is 2. The number of amides is 2. The summed E-state index contributed by atoms with van der Waals surface area (Å²) in [7, 11) is 3.63. The largest absolute Gasteiger partial charge is 0.374 e. The van der Waals surface area contributed by atoms with Gasteiger partial charge in [0.1, 0.15) is 11.7 Å². The summed E-state index contributed by atoms with van der Waals surface area (Å²) in [6.45, 7) is 4.90. The third-order valence-electron chi connectivity index (χ3n) is 11.9. The summed E-state index contributed by atoms with van der Waals surface area (Å²) in [6, 6.07) is 8.87. The van der Waals surface area contributed by atoms with Crippen LogP contribution in [0.3, 0.4) is 0 Å². The topological polar surface area (TPSA) is 169 Å². The molecule has 3 saturated heterocycles. The van der Waals surface area contributed by atoms with Crippen LogP contribution in [0, 0.1) is 0 Å². The average Bonchev–Trinajstić information content (AvgIpc) is 3.81. The second-order valence-electron chi connectivity index (χ2n) is 15.7. The molecule has 0 spiro atoms. The molecule has 3 aliphatic heterocycles. The maximum atomic E-state index is 13.6. The van der Waals surface area contributed by atoms with Crippen LogP contribution < -0.4 is 21.9 Å². The Bertz CT molecular complexity index is 2240. The van der Waals surface area contributed by atoms with E-state index in [2.05, 4.69) is 20.5 Å². The molecule has 3 aromatic heterocycles. The molecule has 4 fully saturated rings. The Kier molecular flexibility index (Phi) is 11.5. The number of aromatic nitrogens is 5. The number of likely N-dealkylation sites (N-methyl/N-ethyl adjacent to an activating group) is 1. The Hall–Kier alpha value is -4.29. The van der Waals surface area contributed by atoms with Crippen LogP contribution in [0.2, 0.25) is 0 Å². The second kappa shape index (κ2) is 16.7. The average molecular weight is 789 g/mol. The minimum Gasteiger partial charge on any atom is -0.374 e. The number of ether oxygens (including phenoxy) is 1. The molecule has 300 valence electrons. The Balaban J connectivity index is 0.814. The van der Waals surface area contributed by atoms with E-state index >= 15 is 0 Å². The van der Waals surface area contributed by atoms with Gasteiger partial charge in [0.2, 0.25) is 17.8 Å². The first-order valence-corrected chi connectivity index (χ1v) is 21.1. The van der Waals surface area contributed by atoms with Gasteiger partial charge >= 0.3 is 5.69 Å². The van der Waals surface area contributed by atoms with Crippen LogP contribution in [0.25, 0.3) is 22.1 Å². The smallest absolute Gasteiger partial charge is 0.329 e. The molecule has 6 heterocycles. The van der Waals surface area contributed by atoms with Gasteiger partial charge in [-0.1, -0.05) is 25.0 Å². The third kappa shape index (κ3) is 7.96. The predicted molar refractivity (Wildman–Crippen MR) is 213 cm³/mol. The fourth-order valence-electron chi connectivity index (χ4n) is 9.05. The van der Waals surface area contributed by atoms with Crippen LogP contribution in [0.4, 0.5) is 5.95 Å². The number of anilines is 1. The van der Waals surface area contributed by atoms with Crippen LogP contribution in [-0.4, -0.2) is 118 Å². The summed E-state index contributed by atoms with van der Waals surface area (Å²) in [5.41, 5.74) is 2.99. The minimum absolute atomic E-state index is 0.0122. The van der Waals surface area contributed by atoms with Gasteiger partial charge in [0, 0.05) is 83.0 Å². The predicted octanol–water partition coefficient (Wildman–Crippen LogP) is 2.26. The quantitative estimate of drug-likeness (QED) is 0.203. The van der Waals surface area contributed by atoms with Gasteiger partial charge in [0.25, 0.3) is 5.56 Å². The van der Waals surface area contributed by atoms with E-state index in [9.17, 15) is 23.4 Å². The molecule has 1 aliphatic carbocycles. The highest BCUT2D eigenvalue weighted by Gasteiger charge is 2.32. The standard InChI is InChI=1S/C39H52N10O6S/c1-44(56(54)47-19-16-28(17-20-47)41-38-40-23-27-12-15-34(51)48(36(27)43-38)29-9-3-4-10-29)24-30-25-46(21-22-55-30)18-6-8-26-7-5-11-31-35(26)45(2)39(53)49(31)32-13-14-33(50)42-37(32)52/h5,7,11-12,15,23,28-30,32H,3-4,6,8-10,13-14,16-22,24-25H2,1-2H3,(H,40,41,43)(H,42,50,52). The van der Waals surface area contributed by atoms with E-state index in [0.717, 1.165) is 87.5 Å². The summed E-state index contributed by atoms with van der Waals surface area (Å²) < 4.78 is 28.7. The Morgan fingerprint density at radius 3 is 2.59 bits per heavy atom. The molecule has 4 aliphatic rings. The molecule has 2 amide bonds. The number of nitrogens with one attached hydrogen (secondary N) is 2. The first-order chi connectivity index (χ1) is 27.1. The monoisotopic (exact) mass is 788 g/mol. The number of fused-ring (bicyclic) bond motifs is 2. The molecule has 2 N–H and O–H groups in total. The van der Waals surface area contributed by atoms with Crippen molar-refractivity contribution in [1.29, 1.82) is 0 Å². The number of aryl methyl sites for hydroxylation is 2. The number of nitrogens with zero attached hydrogens (tertiary/aromatic N) is 8. The highest BCUT2D eigenvalue weighted by molar-refractivity contribution is 7.80. The van der Waals surface area contributed by atoms with E-state index in [1.54, 1.807) is 29.9 Å². The second-order valence-corrected chi connectivity index (χ2v) is 17.3. The van der Waals surface area contributed by atoms with Gasteiger partial charge in [-0.2, -0.15) is 4.98 Å². The highest BCUT2D eigenvalue weighted by Crippen LogP contribution is 2.31. The molecule has 56 heavy (non-hydrogen) atoms. The fourth-order valence-corrected chi connectivity index (χ4v) is 10.3. The molecule has 1 saturated carbocycles. The summed E-state index contributed by atoms with van der Waals surface area (Å²) in [6.07, 6.45) is 9.70. The molecular formula is C39H52N10O6S. The summed E-state index contributed by atoms with van der Waals surface area (Å²) in [5, 5.41) is 6.72. The lowest BCUT2D eigenvalue weighted by Crippen LogP contribution is -2.50. The third-order valence-corrected chi connectivity index (χ3v) is 13.4. The normalized spacial score (nSPS) is 22.7. The molecule has 1 aromatic carbocycles. The van der Waals surface area contributed by atoms with Crippen molar-refractivity contribution in [2.45, 2.75) is 88.4 Å². The van der Waals surface area contributed by atoms with Crippen molar-refractivity contribution in [3.05, 3.63) is 62.9 Å². The van der Waals surface area contributed by atoms with Crippen LogP contribution in [-0.2, 0) is 39.0 Å². The lowest BCUT2D eigenvalue weighted by atomic mass is 10.0. The van der Waals surface area contributed by atoms with Gasteiger partial charge < -0.3 is 10.1 Å².